The summed E-state index contributed by atoms with van der Waals surface area (Å²) in [6.07, 6.45) is -2.98. The molecule has 7 heteroatoms. The summed E-state index contributed by atoms with van der Waals surface area (Å²) in [6.45, 7) is 1.73. The number of rotatable bonds is 3. The number of amides is 2. The summed E-state index contributed by atoms with van der Waals surface area (Å²) in [7, 11) is 0. The molecule has 124 valence electrons. The van der Waals surface area contributed by atoms with Crippen molar-refractivity contribution in [3.63, 3.8) is 0 Å². The Morgan fingerprint density at radius 1 is 1.35 bits per heavy atom. The van der Waals surface area contributed by atoms with Crippen molar-refractivity contribution in [1.82, 2.24) is 5.32 Å². The monoisotopic (exact) mass is 326 g/mol. The zero-order valence-electron chi connectivity index (χ0n) is 12.5. The van der Waals surface area contributed by atoms with E-state index >= 15 is 0 Å². The van der Waals surface area contributed by atoms with E-state index in [-0.39, 0.29) is 18.1 Å². The van der Waals surface area contributed by atoms with Gasteiger partial charge in [0.15, 0.2) is 0 Å². The lowest BCUT2D eigenvalue weighted by atomic mass is 9.82. The van der Waals surface area contributed by atoms with Gasteiger partial charge in [-0.1, -0.05) is 11.8 Å². The Bertz CT molecular complexity index is 611. The van der Waals surface area contributed by atoms with Crippen LogP contribution in [0.2, 0.25) is 0 Å². The lowest BCUT2D eigenvalue weighted by Crippen LogP contribution is -2.36. The Hall–Kier alpha value is -2.36. The summed E-state index contributed by atoms with van der Waals surface area (Å²) in [5, 5.41) is 2.46. The lowest BCUT2D eigenvalue weighted by Gasteiger charge is -2.32. The predicted octanol–water partition coefficient (Wildman–Crippen LogP) is 2.92. The van der Waals surface area contributed by atoms with Crippen molar-refractivity contribution in [2.75, 3.05) is 0 Å². The summed E-state index contributed by atoms with van der Waals surface area (Å²) >= 11 is 0. The number of primary amides is 1. The van der Waals surface area contributed by atoms with Crippen LogP contribution in [0.3, 0.4) is 0 Å². The van der Waals surface area contributed by atoms with Crippen LogP contribution < -0.4 is 15.8 Å². The van der Waals surface area contributed by atoms with Crippen LogP contribution in [0.5, 0.6) is 5.75 Å². The maximum absolute atomic E-state index is 12.4. The van der Waals surface area contributed by atoms with Crippen LogP contribution >= 0.6 is 0 Å². The SMILES string of the molecule is CC(C#CC1CC(Oc2ccc(C(F)(F)F)cc2)C1)NC(N)=O. The van der Waals surface area contributed by atoms with Gasteiger partial charge in [0, 0.05) is 5.92 Å². The molecule has 0 bridgehead atoms. The summed E-state index contributed by atoms with van der Waals surface area (Å²) in [6, 6.07) is 3.71. The number of carbonyl (C=O) groups excluding carboxylic acids is 1. The molecule has 1 fully saturated rings. The first-order chi connectivity index (χ1) is 10.7. The molecule has 1 aliphatic carbocycles. The Labute approximate surface area is 132 Å². The molecule has 0 radical (unpaired) electrons. The maximum atomic E-state index is 12.4. The van der Waals surface area contributed by atoms with Gasteiger partial charge in [-0.15, -0.1) is 0 Å². The second kappa shape index (κ2) is 6.82. The fraction of sp³-hybridized carbons (Fsp3) is 0.438. The normalized spacial score (nSPS) is 21.4. The second-order valence-corrected chi connectivity index (χ2v) is 5.45. The number of halogens is 3. The van der Waals surface area contributed by atoms with E-state index in [9.17, 15) is 18.0 Å². The van der Waals surface area contributed by atoms with Crippen LogP contribution in [-0.2, 0) is 6.18 Å². The molecule has 3 N–H and O–H groups in total. The highest BCUT2D eigenvalue weighted by Crippen LogP contribution is 2.33. The van der Waals surface area contributed by atoms with Gasteiger partial charge in [0.05, 0.1) is 11.6 Å². The van der Waals surface area contributed by atoms with Crippen molar-refractivity contribution in [1.29, 1.82) is 0 Å². The predicted molar refractivity (Wildman–Crippen MR) is 78.5 cm³/mol. The summed E-state index contributed by atoms with van der Waals surface area (Å²) in [5.41, 5.74) is 4.29. The summed E-state index contributed by atoms with van der Waals surface area (Å²) in [5.74, 6) is 6.48. The van der Waals surface area contributed by atoms with Gasteiger partial charge in [-0.3, -0.25) is 0 Å². The van der Waals surface area contributed by atoms with Crippen LogP contribution in [0.1, 0.15) is 25.3 Å². The van der Waals surface area contributed by atoms with E-state index in [1.54, 1.807) is 6.92 Å². The van der Waals surface area contributed by atoms with Crippen molar-refractivity contribution in [3.05, 3.63) is 29.8 Å². The average molecular weight is 326 g/mol. The van der Waals surface area contributed by atoms with Gasteiger partial charge in [0.1, 0.15) is 11.9 Å². The largest absolute Gasteiger partial charge is 0.490 e. The smallest absolute Gasteiger partial charge is 0.416 e. The van der Waals surface area contributed by atoms with Gasteiger partial charge in [-0.05, 0) is 44.0 Å². The van der Waals surface area contributed by atoms with E-state index in [1.165, 1.54) is 12.1 Å². The molecule has 0 spiro atoms. The Morgan fingerprint density at radius 3 is 2.48 bits per heavy atom. The first-order valence-corrected chi connectivity index (χ1v) is 7.15. The number of urea groups is 1. The summed E-state index contributed by atoms with van der Waals surface area (Å²) in [4.78, 5) is 10.6. The molecule has 0 heterocycles. The van der Waals surface area contributed by atoms with Gasteiger partial charge >= 0.3 is 12.2 Å². The number of carbonyl (C=O) groups is 1. The fourth-order valence-corrected chi connectivity index (χ4v) is 2.19. The molecular weight excluding hydrogens is 309 g/mol. The highest BCUT2D eigenvalue weighted by atomic mass is 19.4. The fourth-order valence-electron chi connectivity index (χ4n) is 2.19. The molecule has 1 atom stereocenters. The molecule has 23 heavy (non-hydrogen) atoms. The topological polar surface area (TPSA) is 64.3 Å². The molecule has 0 saturated heterocycles. The standard InChI is InChI=1S/C16H17F3N2O2/c1-10(21-15(20)22)2-3-11-8-14(9-11)23-13-6-4-12(5-7-13)16(17,18)19/h4-7,10-11,14H,8-9H2,1H3,(H3,20,21,22). The minimum absolute atomic E-state index is 0.0505. The zero-order valence-corrected chi connectivity index (χ0v) is 12.5. The number of hydrogen-bond donors (Lipinski definition) is 2. The van der Waals surface area contributed by atoms with E-state index < -0.39 is 17.8 Å². The number of nitrogens with two attached hydrogens (primary N) is 1. The number of nitrogens with one attached hydrogen (secondary N) is 1. The van der Waals surface area contributed by atoms with Crippen LogP contribution in [-0.4, -0.2) is 18.2 Å². The summed E-state index contributed by atoms with van der Waals surface area (Å²) < 4.78 is 42.9. The molecule has 1 aromatic rings. The number of ether oxygens (including phenoxy) is 1. The van der Waals surface area contributed by atoms with E-state index in [1.807, 2.05) is 0 Å². The third-order valence-corrected chi connectivity index (χ3v) is 3.44. The lowest BCUT2D eigenvalue weighted by molar-refractivity contribution is -0.137. The molecule has 1 unspecified atom stereocenters. The number of hydrogen-bond acceptors (Lipinski definition) is 2. The molecule has 1 saturated carbocycles. The molecule has 0 aromatic heterocycles. The molecule has 4 nitrogen and oxygen atoms in total. The zero-order chi connectivity index (χ0) is 17.0. The minimum atomic E-state index is -4.34. The third kappa shape index (κ3) is 5.09. The molecule has 0 aliphatic heterocycles. The maximum Gasteiger partial charge on any atom is 0.416 e. The Balaban J connectivity index is 1.78. The third-order valence-electron chi connectivity index (χ3n) is 3.44. The van der Waals surface area contributed by atoms with Crippen molar-refractivity contribution < 1.29 is 22.7 Å². The Morgan fingerprint density at radius 2 is 1.96 bits per heavy atom. The van der Waals surface area contributed by atoms with E-state index in [4.69, 9.17) is 10.5 Å². The Kier molecular flexibility index (Phi) is 5.04. The van der Waals surface area contributed by atoms with Gasteiger partial charge in [-0.2, -0.15) is 13.2 Å². The van der Waals surface area contributed by atoms with E-state index in [0.29, 0.717) is 18.6 Å². The van der Waals surface area contributed by atoms with Crippen molar-refractivity contribution in [2.45, 2.75) is 38.1 Å². The van der Waals surface area contributed by atoms with E-state index in [2.05, 4.69) is 17.2 Å². The molecule has 2 amide bonds. The van der Waals surface area contributed by atoms with Gasteiger partial charge in [-0.25, -0.2) is 4.79 Å². The van der Waals surface area contributed by atoms with Gasteiger partial charge in [0.25, 0.3) is 0 Å². The highest BCUT2D eigenvalue weighted by Gasteiger charge is 2.31. The average Bonchev–Trinajstić information content (AvgIpc) is 2.39. The van der Waals surface area contributed by atoms with Crippen LogP contribution in [0.25, 0.3) is 0 Å². The van der Waals surface area contributed by atoms with Crippen LogP contribution in [0, 0.1) is 17.8 Å². The van der Waals surface area contributed by atoms with Crippen LogP contribution in [0.4, 0.5) is 18.0 Å². The number of benzene rings is 1. The van der Waals surface area contributed by atoms with Crippen molar-refractivity contribution in [3.8, 4) is 17.6 Å². The molecule has 1 aromatic carbocycles. The molecule has 2 rings (SSSR count). The van der Waals surface area contributed by atoms with Crippen molar-refractivity contribution >= 4 is 6.03 Å². The first-order valence-electron chi connectivity index (χ1n) is 7.15. The second-order valence-electron chi connectivity index (χ2n) is 5.45. The van der Waals surface area contributed by atoms with Crippen LogP contribution in [0.15, 0.2) is 24.3 Å². The van der Waals surface area contributed by atoms with Gasteiger partial charge < -0.3 is 15.8 Å². The highest BCUT2D eigenvalue weighted by molar-refractivity contribution is 5.72. The molecule has 1 aliphatic rings. The van der Waals surface area contributed by atoms with Crippen molar-refractivity contribution in [2.24, 2.45) is 11.7 Å². The van der Waals surface area contributed by atoms with E-state index in [0.717, 1.165) is 12.1 Å². The van der Waals surface area contributed by atoms with Gasteiger partial charge in [0.2, 0.25) is 0 Å². The molecular formula is C16H17F3N2O2. The number of alkyl halides is 3. The first kappa shape index (κ1) is 17.0. The quantitative estimate of drug-likeness (QED) is 0.839. The minimum Gasteiger partial charge on any atom is -0.490 e.